The van der Waals surface area contributed by atoms with Crippen LogP contribution in [-0.4, -0.2) is 12.6 Å². The van der Waals surface area contributed by atoms with Gasteiger partial charge in [-0.15, -0.1) is 0 Å². The van der Waals surface area contributed by atoms with Gasteiger partial charge in [0.1, 0.15) is 0 Å². The van der Waals surface area contributed by atoms with Crippen LogP contribution >= 0.6 is 0 Å². The van der Waals surface area contributed by atoms with E-state index in [4.69, 9.17) is 0 Å². The average molecular weight is 251 g/mol. The van der Waals surface area contributed by atoms with Crippen molar-refractivity contribution in [1.82, 2.24) is 5.32 Å². The predicted octanol–water partition coefficient (Wildman–Crippen LogP) is 4.91. The Morgan fingerprint density at radius 2 is 1.67 bits per heavy atom. The molecule has 0 aliphatic heterocycles. The average Bonchev–Trinajstić information content (AvgIpc) is 2.74. The van der Waals surface area contributed by atoms with E-state index in [2.05, 4.69) is 26.1 Å². The van der Waals surface area contributed by atoms with E-state index in [0.29, 0.717) is 10.8 Å². The van der Waals surface area contributed by atoms with E-state index in [-0.39, 0.29) is 0 Å². The Labute approximate surface area is 114 Å². The highest BCUT2D eigenvalue weighted by Gasteiger charge is 2.32. The van der Waals surface area contributed by atoms with Crippen LogP contribution in [0.15, 0.2) is 0 Å². The lowest BCUT2D eigenvalue weighted by molar-refractivity contribution is 0.247. The molecule has 0 saturated heterocycles. The summed E-state index contributed by atoms with van der Waals surface area (Å²) in [6.45, 7) is 8.57. The van der Waals surface area contributed by atoms with Crippen molar-refractivity contribution >= 4 is 0 Å². The molecule has 0 amide bonds. The first-order valence-corrected chi connectivity index (χ1v) is 8.29. The molecule has 1 heteroatoms. The molecule has 0 spiro atoms. The molecule has 0 bridgehead atoms. The first kappa shape index (κ1) is 14.4. The lowest BCUT2D eigenvalue weighted by Crippen LogP contribution is -2.38. The molecule has 0 aromatic heterocycles. The highest BCUT2D eigenvalue weighted by atomic mass is 14.9. The number of rotatable bonds is 4. The molecule has 0 aromatic carbocycles. The fourth-order valence-corrected chi connectivity index (χ4v) is 4.01. The van der Waals surface area contributed by atoms with Crippen LogP contribution in [-0.2, 0) is 0 Å². The molecule has 18 heavy (non-hydrogen) atoms. The van der Waals surface area contributed by atoms with E-state index in [1.807, 2.05) is 0 Å². The van der Waals surface area contributed by atoms with Gasteiger partial charge in [-0.3, -0.25) is 0 Å². The first-order valence-electron chi connectivity index (χ1n) is 8.29. The van der Waals surface area contributed by atoms with Gasteiger partial charge in [0, 0.05) is 12.6 Å². The molecule has 0 heterocycles. The van der Waals surface area contributed by atoms with Crippen LogP contribution in [0.1, 0.15) is 85.0 Å². The predicted molar refractivity (Wildman–Crippen MR) is 79.8 cm³/mol. The molecular weight excluding hydrogens is 218 g/mol. The summed E-state index contributed by atoms with van der Waals surface area (Å²) in [5, 5.41) is 3.93. The van der Waals surface area contributed by atoms with Crippen molar-refractivity contribution < 1.29 is 0 Å². The molecule has 1 unspecified atom stereocenters. The van der Waals surface area contributed by atoms with Gasteiger partial charge in [-0.1, -0.05) is 40.0 Å². The third-order valence-electron chi connectivity index (χ3n) is 5.76. The van der Waals surface area contributed by atoms with Crippen LogP contribution in [0.2, 0.25) is 0 Å². The third kappa shape index (κ3) is 3.73. The van der Waals surface area contributed by atoms with Gasteiger partial charge in [0.05, 0.1) is 0 Å². The third-order valence-corrected chi connectivity index (χ3v) is 5.76. The summed E-state index contributed by atoms with van der Waals surface area (Å²) in [5.74, 6) is 0. The van der Waals surface area contributed by atoms with Crippen molar-refractivity contribution in [3.05, 3.63) is 0 Å². The highest BCUT2D eigenvalue weighted by molar-refractivity contribution is 4.88. The van der Waals surface area contributed by atoms with Gasteiger partial charge in [0.2, 0.25) is 0 Å². The first-order chi connectivity index (χ1) is 8.55. The molecule has 2 aliphatic rings. The zero-order valence-electron chi connectivity index (χ0n) is 12.9. The Morgan fingerprint density at radius 1 is 0.944 bits per heavy atom. The smallest absolute Gasteiger partial charge is 0.00675 e. The Bertz CT molecular complexity index is 250. The lowest BCUT2D eigenvalue weighted by Gasteiger charge is -2.30. The topological polar surface area (TPSA) is 12.0 Å². The zero-order valence-corrected chi connectivity index (χ0v) is 12.9. The maximum Gasteiger partial charge on any atom is 0.00675 e. The van der Waals surface area contributed by atoms with E-state index in [1.165, 1.54) is 70.8 Å². The number of hydrogen-bond donors (Lipinski definition) is 1. The molecule has 2 saturated carbocycles. The van der Waals surface area contributed by atoms with E-state index in [9.17, 15) is 0 Å². The second-order valence-corrected chi connectivity index (χ2v) is 7.73. The summed E-state index contributed by atoms with van der Waals surface area (Å²) in [6.07, 6.45) is 14.3. The van der Waals surface area contributed by atoms with Crippen molar-refractivity contribution in [3.63, 3.8) is 0 Å². The molecule has 1 nitrogen and oxygen atoms in total. The van der Waals surface area contributed by atoms with Gasteiger partial charge in [-0.2, -0.15) is 0 Å². The SMILES string of the molecule is CCC1(CNC2CCCC(C)(C)CC2)CCCC1. The van der Waals surface area contributed by atoms with Crippen LogP contribution in [0, 0.1) is 10.8 Å². The largest absolute Gasteiger partial charge is 0.313 e. The summed E-state index contributed by atoms with van der Waals surface area (Å²) in [5.41, 5.74) is 1.24. The molecule has 1 N–H and O–H groups in total. The normalized spacial score (nSPS) is 31.2. The van der Waals surface area contributed by atoms with Crippen LogP contribution < -0.4 is 5.32 Å². The lowest BCUT2D eigenvalue weighted by atomic mass is 9.83. The summed E-state index contributed by atoms with van der Waals surface area (Å²) in [4.78, 5) is 0. The van der Waals surface area contributed by atoms with Crippen molar-refractivity contribution in [3.8, 4) is 0 Å². The fourth-order valence-electron chi connectivity index (χ4n) is 4.01. The molecule has 2 aliphatic carbocycles. The number of hydrogen-bond acceptors (Lipinski definition) is 1. The van der Waals surface area contributed by atoms with Crippen molar-refractivity contribution in [2.24, 2.45) is 10.8 Å². The second-order valence-electron chi connectivity index (χ2n) is 7.73. The molecule has 2 rings (SSSR count). The minimum atomic E-state index is 0.590. The standard InChI is InChI=1S/C17H33N/c1-4-17(11-5-6-12-17)14-18-15-8-7-10-16(2,3)13-9-15/h15,18H,4-14H2,1-3H3. The van der Waals surface area contributed by atoms with Gasteiger partial charge >= 0.3 is 0 Å². The van der Waals surface area contributed by atoms with Gasteiger partial charge in [0.15, 0.2) is 0 Å². The van der Waals surface area contributed by atoms with Gasteiger partial charge in [0.25, 0.3) is 0 Å². The van der Waals surface area contributed by atoms with Crippen LogP contribution in [0.25, 0.3) is 0 Å². The monoisotopic (exact) mass is 251 g/mol. The summed E-state index contributed by atoms with van der Waals surface area (Å²) >= 11 is 0. The number of nitrogens with one attached hydrogen (secondary N) is 1. The van der Waals surface area contributed by atoms with Gasteiger partial charge in [-0.05, 0) is 55.8 Å². The van der Waals surface area contributed by atoms with E-state index in [0.717, 1.165) is 6.04 Å². The molecule has 0 aromatic rings. The molecule has 0 radical (unpaired) electrons. The summed E-state index contributed by atoms with van der Waals surface area (Å²) < 4.78 is 0. The Morgan fingerprint density at radius 3 is 2.33 bits per heavy atom. The van der Waals surface area contributed by atoms with E-state index in [1.54, 1.807) is 0 Å². The minimum absolute atomic E-state index is 0.590. The maximum absolute atomic E-state index is 3.93. The van der Waals surface area contributed by atoms with Gasteiger partial charge < -0.3 is 5.32 Å². The highest BCUT2D eigenvalue weighted by Crippen LogP contribution is 2.41. The Hall–Kier alpha value is -0.0400. The second kappa shape index (κ2) is 5.94. The molecular formula is C17H33N. The zero-order chi connectivity index (χ0) is 13.1. The van der Waals surface area contributed by atoms with Crippen molar-refractivity contribution in [2.45, 2.75) is 91.0 Å². The summed E-state index contributed by atoms with van der Waals surface area (Å²) in [6, 6.07) is 0.802. The van der Waals surface area contributed by atoms with Crippen molar-refractivity contribution in [2.75, 3.05) is 6.54 Å². The van der Waals surface area contributed by atoms with Gasteiger partial charge in [-0.25, -0.2) is 0 Å². The summed E-state index contributed by atoms with van der Waals surface area (Å²) in [7, 11) is 0. The quantitative estimate of drug-likeness (QED) is 0.700. The fraction of sp³-hybridized carbons (Fsp3) is 1.00. The molecule has 106 valence electrons. The Balaban J connectivity index is 1.79. The van der Waals surface area contributed by atoms with E-state index >= 15 is 0 Å². The van der Waals surface area contributed by atoms with E-state index < -0.39 is 0 Å². The minimum Gasteiger partial charge on any atom is -0.313 e. The maximum atomic E-state index is 3.93. The molecule has 2 fully saturated rings. The van der Waals surface area contributed by atoms with Crippen LogP contribution in [0.4, 0.5) is 0 Å². The van der Waals surface area contributed by atoms with Crippen molar-refractivity contribution in [1.29, 1.82) is 0 Å². The van der Waals surface area contributed by atoms with Crippen LogP contribution in [0.5, 0.6) is 0 Å². The van der Waals surface area contributed by atoms with Crippen LogP contribution in [0.3, 0.4) is 0 Å². The Kier molecular flexibility index (Phi) is 4.75. The molecule has 1 atom stereocenters.